The van der Waals surface area contributed by atoms with Crippen molar-refractivity contribution in [2.24, 2.45) is 5.10 Å². The molecule has 0 radical (unpaired) electrons. The minimum Gasteiger partial charge on any atom is -0.494 e. The number of nitrogens with one attached hydrogen (secondary N) is 2. The maximum absolute atomic E-state index is 12.6. The van der Waals surface area contributed by atoms with Gasteiger partial charge in [0.1, 0.15) is 5.56 Å². The Morgan fingerprint density at radius 1 is 1.11 bits per heavy atom. The first-order chi connectivity index (χ1) is 17.1. The smallest absolute Gasteiger partial charge is 0.331 e. The first-order valence-corrected chi connectivity index (χ1v) is 11.6. The molecule has 3 N–H and O–H groups in total. The zero-order valence-corrected chi connectivity index (χ0v) is 19.4. The van der Waals surface area contributed by atoms with E-state index in [0.717, 1.165) is 27.6 Å². The maximum atomic E-state index is 12.6. The number of ether oxygens (including phenoxy) is 1. The van der Waals surface area contributed by atoms with E-state index >= 15 is 0 Å². The van der Waals surface area contributed by atoms with E-state index in [-0.39, 0.29) is 24.0 Å². The Balaban J connectivity index is 1.45. The van der Waals surface area contributed by atoms with Gasteiger partial charge in [-0.2, -0.15) is 5.10 Å². The van der Waals surface area contributed by atoms with Gasteiger partial charge in [0, 0.05) is 55.9 Å². The summed E-state index contributed by atoms with van der Waals surface area (Å²) in [6.07, 6.45) is 3.03. The molecule has 4 aromatic rings. The molecular formula is C26H27N5O4. The minimum absolute atomic E-state index is 0.0186. The van der Waals surface area contributed by atoms with Crippen molar-refractivity contribution in [2.75, 3.05) is 13.7 Å². The summed E-state index contributed by atoms with van der Waals surface area (Å²) in [5, 5.41) is 16.3. The number of aromatic hydroxyl groups is 1. The van der Waals surface area contributed by atoms with Gasteiger partial charge in [0.15, 0.2) is 0 Å². The van der Waals surface area contributed by atoms with E-state index in [1.807, 2.05) is 30.3 Å². The van der Waals surface area contributed by atoms with E-state index in [2.05, 4.69) is 50.5 Å². The van der Waals surface area contributed by atoms with Crippen molar-refractivity contribution in [3.8, 4) is 5.88 Å². The predicted molar refractivity (Wildman–Crippen MR) is 134 cm³/mol. The average Bonchev–Trinajstić information content (AvgIpc) is 3.47. The Labute approximate surface area is 201 Å². The third-order valence-electron chi connectivity index (χ3n) is 6.33. The molecular weight excluding hydrogens is 446 g/mol. The van der Waals surface area contributed by atoms with Gasteiger partial charge in [-0.15, -0.1) is 0 Å². The largest absolute Gasteiger partial charge is 0.494 e. The number of H-pyrrole nitrogens is 1. The zero-order valence-electron chi connectivity index (χ0n) is 19.4. The molecule has 0 spiro atoms. The average molecular weight is 474 g/mol. The van der Waals surface area contributed by atoms with E-state index in [1.54, 1.807) is 7.11 Å². The van der Waals surface area contributed by atoms with Gasteiger partial charge in [0.05, 0.1) is 11.8 Å². The molecule has 2 aromatic heterocycles. The standard InChI is InChI=1S/C26H27N5O4/c1-35-13-7-12-31-25(33)23(24(32)27-26(31)34)21-14-20(28-29-21)19-16-30(15-17-8-3-2-4-9-17)22-11-6-5-10-18(19)22/h2-6,8-11,16,20,28,33H,7,12-15H2,1H3,(H,27,32,34)/t20-/m0/s1. The first kappa shape index (κ1) is 22.7. The lowest BCUT2D eigenvalue weighted by Crippen LogP contribution is -2.34. The molecule has 9 nitrogen and oxygen atoms in total. The summed E-state index contributed by atoms with van der Waals surface area (Å²) in [5.41, 5.74) is 5.62. The van der Waals surface area contributed by atoms with Gasteiger partial charge in [-0.1, -0.05) is 48.5 Å². The molecule has 1 aliphatic heterocycles. The SMILES string of the molecule is COCCCn1c(O)c(C2=NN[C@H](c3cn(Cc4ccccc4)c4ccccc34)C2)c(=O)[nH]c1=O. The number of nitrogens with zero attached hydrogens (tertiary/aromatic N) is 3. The van der Waals surface area contributed by atoms with E-state index in [0.29, 0.717) is 25.2 Å². The molecule has 180 valence electrons. The highest BCUT2D eigenvalue weighted by molar-refractivity contribution is 6.03. The highest BCUT2D eigenvalue weighted by atomic mass is 16.5. The van der Waals surface area contributed by atoms with Gasteiger partial charge in [-0.25, -0.2) is 4.79 Å². The summed E-state index contributed by atoms with van der Waals surface area (Å²) in [7, 11) is 1.57. The normalized spacial score (nSPS) is 15.3. The van der Waals surface area contributed by atoms with Gasteiger partial charge in [0.2, 0.25) is 5.88 Å². The van der Waals surface area contributed by atoms with Crippen LogP contribution in [0.15, 0.2) is 75.5 Å². The number of rotatable bonds is 8. The van der Waals surface area contributed by atoms with Crippen LogP contribution in [0.2, 0.25) is 0 Å². The molecule has 0 amide bonds. The van der Waals surface area contributed by atoms with Crippen LogP contribution in [0.3, 0.4) is 0 Å². The molecule has 0 aliphatic carbocycles. The minimum atomic E-state index is -0.653. The van der Waals surface area contributed by atoms with Crippen LogP contribution >= 0.6 is 0 Å². The van der Waals surface area contributed by atoms with Gasteiger partial charge >= 0.3 is 5.69 Å². The fourth-order valence-electron chi connectivity index (χ4n) is 4.64. The summed E-state index contributed by atoms with van der Waals surface area (Å²) in [5.74, 6) is -0.373. The molecule has 0 unspecified atom stereocenters. The fourth-order valence-corrected chi connectivity index (χ4v) is 4.64. The van der Waals surface area contributed by atoms with Crippen LogP contribution in [-0.4, -0.2) is 38.7 Å². The lowest BCUT2D eigenvalue weighted by molar-refractivity contribution is 0.188. The lowest BCUT2D eigenvalue weighted by Gasteiger charge is -2.11. The maximum Gasteiger partial charge on any atom is 0.331 e. The third-order valence-corrected chi connectivity index (χ3v) is 6.33. The predicted octanol–water partition coefficient (Wildman–Crippen LogP) is 2.72. The van der Waals surface area contributed by atoms with Crippen LogP contribution in [0.4, 0.5) is 0 Å². The first-order valence-electron chi connectivity index (χ1n) is 11.6. The van der Waals surface area contributed by atoms with Crippen molar-refractivity contribution in [1.82, 2.24) is 19.5 Å². The van der Waals surface area contributed by atoms with E-state index < -0.39 is 11.2 Å². The number of para-hydroxylation sites is 1. The van der Waals surface area contributed by atoms with Crippen LogP contribution in [0.5, 0.6) is 5.88 Å². The van der Waals surface area contributed by atoms with E-state index in [9.17, 15) is 14.7 Å². The Morgan fingerprint density at radius 2 is 1.89 bits per heavy atom. The Kier molecular flexibility index (Phi) is 6.24. The Morgan fingerprint density at radius 3 is 2.69 bits per heavy atom. The summed E-state index contributed by atoms with van der Waals surface area (Å²) in [6, 6.07) is 18.3. The molecule has 0 bridgehead atoms. The number of hydrogen-bond donors (Lipinski definition) is 3. The zero-order chi connectivity index (χ0) is 24.4. The summed E-state index contributed by atoms with van der Waals surface area (Å²) >= 11 is 0. The van der Waals surface area contributed by atoms with Crippen molar-refractivity contribution in [3.63, 3.8) is 0 Å². The monoisotopic (exact) mass is 473 g/mol. The van der Waals surface area contributed by atoms with Gasteiger partial charge < -0.3 is 19.8 Å². The molecule has 1 atom stereocenters. The summed E-state index contributed by atoms with van der Waals surface area (Å²) in [6.45, 7) is 1.38. The van der Waals surface area contributed by atoms with E-state index in [1.165, 1.54) is 5.56 Å². The highest BCUT2D eigenvalue weighted by Crippen LogP contribution is 2.32. The number of fused-ring (bicyclic) bond motifs is 1. The molecule has 0 saturated heterocycles. The molecule has 0 fully saturated rings. The lowest BCUT2D eigenvalue weighted by atomic mass is 9.99. The van der Waals surface area contributed by atoms with Crippen molar-refractivity contribution in [3.05, 3.63) is 98.3 Å². The Hall–Kier alpha value is -4.11. The quantitative estimate of drug-likeness (QED) is 0.341. The number of methoxy groups -OCH3 is 1. The van der Waals surface area contributed by atoms with E-state index in [4.69, 9.17) is 4.74 Å². The van der Waals surface area contributed by atoms with Crippen LogP contribution in [0.1, 0.15) is 35.6 Å². The van der Waals surface area contributed by atoms with Crippen LogP contribution < -0.4 is 16.7 Å². The molecule has 9 heteroatoms. The molecule has 35 heavy (non-hydrogen) atoms. The molecule has 0 saturated carbocycles. The van der Waals surface area contributed by atoms with Crippen LogP contribution in [-0.2, 0) is 17.8 Å². The number of hydrogen-bond acceptors (Lipinski definition) is 6. The second-order valence-corrected chi connectivity index (χ2v) is 8.62. The van der Waals surface area contributed by atoms with Gasteiger partial charge in [-0.3, -0.25) is 14.3 Å². The second kappa shape index (κ2) is 9.63. The highest BCUT2D eigenvalue weighted by Gasteiger charge is 2.29. The third kappa shape index (κ3) is 4.38. The van der Waals surface area contributed by atoms with Crippen LogP contribution in [0.25, 0.3) is 10.9 Å². The summed E-state index contributed by atoms with van der Waals surface area (Å²) in [4.78, 5) is 27.2. The topological polar surface area (TPSA) is 114 Å². The number of hydrazone groups is 1. The Bertz CT molecular complexity index is 1500. The molecule has 5 rings (SSSR count). The second-order valence-electron chi connectivity index (χ2n) is 8.62. The van der Waals surface area contributed by atoms with Crippen molar-refractivity contribution < 1.29 is 9.84 Å². The van der Waals surface area contributed by atoms with Crippen molar-refractivity contribution in [1.29, 1.82) is 0 Å². The number of benzene rings is 2. The number of aromatic nitrogens is 3. The number of aromatic amines is 1. The van der Waals surface area contributed by atoms with Gasteiger partial charge in [-0.05, 0) is 18.1 Å². The fraction of sp³-hybridized carbons (Fsp3) is 0.269. The van der Waals surface area contributed by atoms with Gasteiger partial charge in [0.25, 0.3) is 5.56 Å². The summed E-state index contributed by atoms with van der Waals surface area (Å²) < 4.78 is 8.39. The molecule has 3 heterocycles. The van der Waals surface area contributed by atoms with Crippen LogP contribution in [0, 0.1) is 0 Å². The van der Waals surface area contributed by atoms with Crippen molar-refractivity contribution >= 4 is 16.6 Å². The van der Waals surface area contributed by atoms with Crippen molar-refractivity contribution in [2.45, 2.75) is 32.0 Å². The molecule has 1 aliphatic rings. The molecule has 2 aromatic carbocycles.